The molecule has 2 fully saturated rings. The maximum atomic E-state index is 14.7. The Morgan fingerprint density at radius 2 is 1.93 bits per heavy atom. The molecule has 2 aromatic carbocycles. The van der Waals surface area contributed by atoms with Crippen molar-refractivity contribution in [1.29, 1.82) is 10.7 Å². The van der Waals surface area contributed by atoms with Crippen molar-refractivity contribution >= 4 is 50.5 Å². The molecule has 1 aliphatic carbocycles. The number of aromatic amines is 1. The van der Waals surface area contributed by atoms with Crippen LogP contribution in [0.4, 0.5) is 4.39 Å². The highest BCUT2D eigenvalue weighted by atomic mass is 35.5. The largest absolute Gasteiger partial charge is 0.387 e. The number of H-pyrrole nitrogens is 1. The van der Waals surface area contributed by atoms with E-state index in [2.05, 4.69) is 15.0 Å². The van der Waals surface area contributed by atoms with Gasteiger partial charge in [-0.3, -0.25) is 4.79 Å². The molecule has 224 valence electrons. The second-order valence-corrected chi connectivity index (χ2v) is 13.4. The Morgan fingerprint density at radius 1 is 1.21 bits per heavy atom. The van der Waals surface area contributed by atoms with Crippen molar-refractivity contribution in [3.63, 3.8) is 0 Å². The van der Waals surface area contributed by atoms with Crippen LogP contribution in [0.5, 0.6) is 0 Å². The first-order chi connectivity index (χ1) is 20.3. The van der Waals surface area contributed by atoms with E-state index in [1.165, 1.54) is 23.2 Å². The third kappa shape index (κ3) is 6.06. The van der Waals surface area contributed by atoms with Gasteiger partial charge in [-0.1, -0.05) is 23.2 Å². The van der Waals surface area contributed by atoms with Crippen LogP contribution in [0.25, 0.3) is 16.8 Å². The molecule has 5 rings (SSSR count). The van der Waals surface area contributed by atoms with Crippen LogP contribution in [0.2, 0.25) is 10.0 Å². The highest BCUT2D eigenvalue weighted by Gasteiger charge is 2.47. The van der Waals surface area contributed by atoms with E-state index in [4.69, 9.17) is 33.9 Å². The topological polar surface area (TPSA) is 142 Å². The smallest absolute Gasteiger partial charge is 0.256 e. The molecular formula is C30H29Cl2FN6O3S. The zero-order valence-corrected chi connectivity index (χ0v) is 25.9. The Labute approximate surface area is 259 Å². The number of carbonyl (C=O) groups excluding carboxylic acids is 1. The van der Waals surface area contributed by atoms with Gasteiger partial charge < -0.3 is 20.6 Å². The lowest BCUT2D eigenvalue weighted by Gasteiger charge is -2.37. The Hall–Kier alpha value is -3.69. The van der Waals surface area contributed by atoms with E-state index in [0.717, 1.165) is 17.9 Å². The second-order valence-electron chi connectivity index (χ2n) is 10.9. The number of piperidine rings is 1. The molecule has 0 radical (unpaired) electrons. The first kappa shape index (κ1) is 30.8. The second kappa shape index (κ2) is 11.4. The summed E-state index contributed by atoms with van der Waals surface area (Å²) in [5.41, 5.74) is 3.21. The van der Waals surface area contributed by atoms with Crippen LogP contribution in [-0.2, 0) is 15.6 Å². The fraction of sp³-hybridized carbons (Fsp3) is 0.300. The fourth-order valence-electron chi connectivity index (χ4n) is 5.64. The molecule has 0 bridgehead atoms. The van der Waals surface area contributed by atoms with Gasteiger partial charge in [-0.15, -0.1) is 0 Å². The van der Waals surface area contributed by atoms with E-state index >= 15 is 0 Å². The normalized spacial score (nSPS) is 19.1. The quantitative estimate of drug-likeness (QED) is 0.272. The van der Waals surface area contributed by atoms with Crippen molar-refractivity contribution in [2.75, 3.05) is 19.8 Å². The number of rotatable bonds is 7. The lowest BCUT2D eigenvalue weighted by Crippen LogP contribution is -2.48. The minimum atomic E-state index is -3.46. The van der Waals surface area contributed by atoms with E-state index in [1.54, 1.807) is 26.1 Å². The number of likely N-dealkylation sites (tertiary alicyclic amines) is 1. The van der Waals surface area contributed by atoms with Crippen molar-refractivity contribution in [2.45, 2.75) is 37.8 Å². The van der Waals surface area contributed by atoms with Gasteiger partial charge in [0.1, 0.15) is 17.6 Å². The molecule has 1 atom stereocenters. The van der Waals surface area contributed by atoms with E-state index in [0.29, 0.717) is 46.7 Å². The van der Waals surface area contributed by atoms with Crippen molar-refractivity contribution in [3.05, 3.63) is 86.4 Å². The Morgan fingerprint density at radius 3 is 2.53 bits per heavy atom. The number of hydrogen-bond donors (Lipinski definition) is 4. The van der Waals surface area contributed by atoms with Crippen LogP contribution in [0, 0.1) is 22.6 Å². The Kier molecular flexibility index (Phi) is 8.17. The molecule has 2 aliphatic rings. The number of halogens is 3. The number of amides is 1. The molecular weight excluding hydrogens is 614 g/mol. The molecule has 1 saturated heterocycles. The molecule has 4 N–H and O–H groups in total. The standard InChI is InChI=1S/C30H29Cl2FN6O3S/c1-16-27(35)23(28(36-2)17-8-19(11-20(31)9-17)30(5-6-30)38-43(3,41)42)4-7-39(16)29(40)25-13-21(33)12-24(26(25)32)18-10-22(14-34)37-15-18/h8-13,15-16,35-38H,4-7H2,1-3H3/b28-23-,35-27?. The van der Waals surface area contributed by atoms with E-state index in [1.807, 2.05) is 12.1 Å². The first-order valence-electron chi connectivity index (χ1n) is 13.5. The fourth-order valence-corrected chi connectivity index (χ4v) is 7.20. The number of benzene rings is 2. The van der Waals surface area contributed by atoms with Crippen LogP contribution in [0.1, 0.15) is 53.4 Å². The van der Waals surface area contributed by atoms with Crippen LogP contribution >= 0.6 is 23.2 Å². The number of aromatic nitrogens is 1. The highest BCUT2D eigenvalue weighted by molar-refractivity contribution is 7.88. The summed E-state index contributed by atoms with van der Waals surface area (Å²) in [6.45, 7) is 1.96. The molecule has 0 spiro atoms. The summed E-state index contributed by atoms with van der Waals surface area (Å²) in [7, 11) is -1.73. The van der Waals surface area contributed by atoms with Gasteiger partial charge in [-0.2, -0.15) is 5.26 Å². The summed E-state index contributed by atoms with van der Waals surface area (Å²) >= 11 is 13.1. The average molecular weight is 644 g/mol. The van der Waals surface area contributed by atoms with Gasteiger partial charge in [0, 0.05) is 47.2 Å². The molecule has 43 heavy (non-hydrogen) atoms. The van der Waals surface area contributed by atoms with E-state index in [9.17, 15) is 17.6 Å². The summed E-state index contributed by atoms with van der Waals surface area (Å²) in [4.78, 5) is 18.0. The zero-order valence-electron chi connectivity index (χ0n) is 23.6. The molecule has 1 aromatic heterocycles. The molecule has 13 heteroatoms. The predicted molar refractivity (Wildman–Crippen MR) is 165 cm³/mol. The third-order valence-electron chi connectivity index (χ3n) is 7.88. The summed E-state index contributed by atoms with van der Waals surface area (Å²) in [5.74, 6) is -1.17. The van der Waals surface area contributed by atoms with Crippen molar-refractivity contribution < 1.29 is 17.6 Å². The molecule has 2 heterocycles. The molecule has 3 aromatic rings. The number of nitrogens with zero attached hydrogens (tertiary/aromatic N) is 2. The van der Waals surface area contributed by atoms with Crippen molar-refractivity contribution in [2.24, 2.45) is 0 Å². The maximum Gasteiger partial charge on any atom is 0.256 e. The molecule has 1 amide bonds. The first-order valence-corrected chi connectivity index (χ1v) is 16.1. The van der Waals surface area contributed by atoms with Gasteiger partial charge >= 0.3 is 0 Å². The van der Waals surface area contributed by atoms with E-state index < -0.39 is 33.3 Å². The molecule has 1 unspecified atom stereocenters. The van der Waals surface area contributed by atoms with Gasteiger partial charge in [0.15, 0.2) is 0 Å². The van der Waals surface area contributed by atoms with Crippen LogP contribution < -0.4 is 10.0 Å². The third-order valence-corrected chi connectivity index (χ3v) is 9.26. The van der Waals surface area contributed by atoms with Gasteiger partial charge in [-0.05, 0) is 73.7 Å². The highest BCUT2D eigenvalue weighted by Crippen LogP contribution is 2.47. The predicted octanol–water partition coefficient (Wildman–Crippen LogP) is 5.42. The van der Waals surface area contributed by atoms with Crippen LogP contribution in [-0.4, -0.2) is 55.8 Å². The number of nitriles is 1. The minimum absolute atomic E-state index is 0.0371. The summed E-state index contributed by atoms with van der Waals surface area (Å²) < 4.78 is 41.5. The lowest BCUT2D eigenvalue weighted by molar-refractivity contribution is 0.0728. The number of nitrogens with one attached hydrogen (secondary N) is 4. The number of sulfonamides is 1. The Balaban J connectivity index is 1.46. The summed E-state index contributed by atoms with van der Waals surface area (Å²) in [6, 6.07) is 10.5. The maximum absolute atomic E-state index is 14.7. The van der Waals surface area contributed by atoms with E-state index in [-0.39, 0.29) is 34.1 Å². The average Bonchev–Trinajstić information content (AvgIpc) is 3.55. The zero-order chi connectivity index (χ0) is 31.3. The Bertz CT molecular complexity index is 1840. The number of carbonyl (C=O) groups is 1. The SMILES string of the molecule is CN/C(=C1/CCN(C(=O)c2cc(F)cc(-c3c[nH]c(C#N)c3)c2Cl)C(C)C1=N)c1cc(Cl)cc(C2(NS(C)(=O)=O)CC2)c1. The van der Waals surface area contributed by atoms with Crippen LogP contribution in [0.3, 0.4) is 0 Å². The molecule has 1 aliphatic heterocycles. The van der Waals surface area contributed by atoms with Crippen molar-refractivity contribution in [1.82, 2.24) is 19.9 Å². The van der Waals surface area contributed by atoms with Crippen molar-refractivity contribution in [3.8, 4) is 17.2 Å². The van der Waals surface area contributed by atoms with Gasteiger partial charge in [0.05, 0.1) is 34.1 Å². The van der Waals surface area contributed by atoms with Crippen LogP contribution in [0.15, 0.2) is 48.2 Å². The monoisotopic (exact) mass is 642 g/mol. The summed E-state index contributed by atoms with van der Waals surface area (Å²) in [6.07, 6.45) is 4.25. The van der Waals surface area contributed by atoms with Gasteiger partial charge in [-0.25, -0.2) is 17.5 Å². The minimum Gasteiger partial charge on any atom is -0.387 e. The van der Waals surface area contributed by atoms with Gasteiger partial charge in [0.2, 0.25) is 10.0 Å². The lowest BCUT2D eigenvalue weighted by atomic mass is 9.89. The number of hydrogen-bond acceptors (Lipinski definition) is 6. The van der Waals surface area contributed by atoms with Gasteiger partial charge in [0.25, 0.3) is 5.91 Å². The summed E-state index contributed by atoms with van der Waals surface area (Å²) in [5, 5.41) is 21.8. The molecule has 9 nitrogen and oxygen atoms in total. The molecule has 1 saturated carbocycles.